The second-order valence-electron chi connectivity index (χ2n) is 3.12. The molecule has 0 aromatic rings. The maximum Gasteiger partial charge on any atom is 0.249 e. The second kappa shape index (κ2) is 4.21. The first kappa shape index (κ1) is 11.1. The summed E-state index contributed by atoms with van der Waals surface area (Å²) in [6.07, 6.45) is 0.0390. The SMILES string of the molecule is CC1CNCCC(F)(F)C1.Cl. The summed E-state index contributed by atoms with van der Waals surface area (Å²) in [5.74, 6) is -2.32. The van der Waals surface area contributed by atoms with Crippen molar-refractivity contribution in [3.05, 3.63) is 0 Å². The Labute approximate surface area is 72.0 Å². The summed E-state index contributed by atoms with van der Waals surface area (Å²) in [7, 11) is 0. The van der Waals surface area contributed by atoms with Crippen LogP contribution < -0.4 is 5.32 Å². The first-order valence-electron chi connectivity index (χ1n) is 3.69. The average molecular weight is 186 g/mol. The van der Waals surface area contributed by atoms with Crippen LogP contribution >= 0.6 is 12.4 Å². The van der Waals surface area contributed by atoms with Crippen LogP contribution in [0.25, 0.3) is 0 Å². The Bertz CT molecular complexity index is 119. The van der Waals surface area contributed by atoms with Crippen LogP contribution in [0.1, 0.15) is 19.8 Å². The van der Waals surface area contributed by atoms with Crippen molar-refractivity contribution < 1.29 is 8.78 Å². The van der Waals surface area contributed by atoms with Gasteiger partial charge in [-0.25, -0.2) is 8.78 Å². The molecule has 68 valence electrons. The first-order chi connectivity index (χ1) is 4.60. The minimum absolute atomic E-state index is 0. The smallest absolute Gasteiger partial charge is 0.249 e. The summed E-state index contributed by atoms with van der Waals surface area (Å²) in [6.45, 7) is 3.04. The molecule has 1 atom stereocenters. The molecule has 1 nitrogen and oxygen atoms in total. The van der Waals surface area contributed by atoms with Gasteiger partial charge in [-0.05, 0) is 12.5 Å². The number of hydrogen-bond acceptors (Lipinski definition) is 1. The van der Waals surface area contributed by atoms with Gasteiger partial charge in [0.2, 0.25) is 5.92 Å². The monoisotopic (exact) mass is 185 g/mol. The number of halogens is 3. The average Bonchev–Trinajstić information content (AvgIpc) is 1.90. The van der Waals surface area contributed by atoms with Crippen molar-refractivity contribution in [3.8, 4) is 0 Å². The van der Waals surface area contributed by atoms with Crippen molar-refractivity contribution >= 4 is 12.4 Å². The largest absolute Gasteiger partial charge is 0.316 e. The van der Waals surface area contributed by atoms with E-state index in [2.05, 4.69) is 5.32 Å². The zero-order valence-corrected chi connectivity index (χ0v) is 7.39. The molecule has 0 spiro atoms. The molecule has 1 aliphatic heterocycles. The predicted molar refractivity (Wildman–Crippen MR) is 43.5 cm³/mol. The third kappa shape index (κ3) is 3.87. The fourth-order valence-corrected chi connectivity index (χ4v) is 1.30. The van der Waals surface area contributed by atoms with Gasteiger partial charge in [0, 0.05) is 19.4 Å². The van der Waals surface area contributed by atoms with Gasteiger partial charge in [0.1, 0.15) is 0 Å². The molecule has 1 aliphatic rings. The van der Waals surface area contributed by atoms with Gasteiger partial charge < -0.3 is 5.32 Å². The maximum absolute atomic E-state index is 12.7. The van der Waals surface area contributed by atoms with Gasteiger partial charge in [0.05, 0.1) is 0 Å². The van der Waals surface area contributed by atoms with E-state index < -0.39 is 5.92 Å². The Morgan fingerprint density at radius 3 is 2.73 bits per heavy atom. The molecule has 0 saturated carbocycles. The van der Waals surface area contributed by atoms with Gasteiger partial charge in [-0.1, -0.05) is 6.92 Å². The van der Waals surface area contributed by atoms with E-state index in [4.69, 9.17) is 0 Å². The zero-order valence-electron chi connectivity index (χ0n) is 6.57. The molecule has 1 heterocycles. The van der Waals surface area contributed by atoms with E-state index in [1.165, 1.54) is 0 Å². The molecule has 1 unspecified atom stereocenters. The van der Waals surface area contributed by atoms with Gasteiger partial charge in [-0.15, -0.1) is 12.4 Å². The standard InChI is InChI=1S/C7H13F2N.ClH/c1-6-4-7(8,9)2-3-10-5-6;/h6,10H,2-5H2,1H3;1H. The molecule has 0 aromatic heterocycles. The lowest BCUT2D eigenvalue weighted by Gasteiger charge is -2.14. The fraction of sp³-hybridized carbons (Fsp3) is 1.00. The quantitative estimate of drug-likeness (QED) is 0.609. The van der Waals surface area contributed by atoms with Crippen molar-refractivity contribution in [1.29, 1.82) is 0 Å². The number of hydrogen-bond donors (Lipinski definition) is 1. The summed E-state index contributed by atoms with van der Waals surface area (Å²) in [6, 6.07) is 0. The van der Waals surface area contributed by atoms with Gasteiger partial charge in [-0.3, -0.25) is 0 Å². The summed E-state index contributed by atoms with van der Waals surface area (Å²) >= 11 is 0. The van der Waals surface area contributed by atoms with Crippen molar-refractivity contribution in [1.82, 2.24) is 5.32 Å². The molecular weight excluding hydrogens is 172 g/mol. The lowest BCUT2D eigenvalue weighted by Crippen LogP contribution is -2.18. The van der Waals surface area contributed by atoms with Gasteiger partial charge in [0.15, 0.2) is 0 Å². The highest BCUT2D eigenvalue weighted by molar-refractivity contribution is 5.85. The van der Waals surface area contributed by atoms with Gasteiger partial charge >= 0.3 is 0 Å². The van der Waals surface area contributed by atoms with Crippen molar-refractivity contribution in [3.63, 3.8) is 0 Å². The first-order valence-corrected chi connectivity index (χ1v) is 3.69. The van der Waals surface area contributed by atoms with Crippen LogP contribution in [0.15, 0.2) is 0 Å². The highest BCUT2D eigenvalue weighted by atomic mass is 35.5. The second-order valence-corrected chi connectivity index (χ2v) is 3.12. The molecule has 0 radical (unpaired) electrons. The van der Waals surface area contributed by atoms with Gasteiger partial charge in [-0.2, -0.15) is 0 Å². The van der Waals surface area contributed by atoms with Crippen molar-refractivity contribution in [2.24, 2.45) is 5.92 Å². The maximum atomic E-state index is 12.7. The van der Waals surface area contributed by atoms with E-state index in [9.17, 15) is 8.78 Å². The summed E-state index contributed by atoms with van der Waals surface area (Å²) in [5, 5.41) is 2.97. The fourth-order valence-electron chi connectivity index (χ4n) is 1.30. The highest BCUT2D eigenvalue weighted by Crippen LogP contribution is 2.27. The number of alkyl halides is 2. The van der Waals surface area contributed by atoms with Crippen LogP contribution in [-0.4, -0.2) is 19.0 Å². The third-order valence-corrected chi connectivity index (χ3v) is 1.81. The lowest BCUT2D eigenvalue weighted by molar-refractivity contribution is -0.0197. The molecule has 11 heavy (non-hydrogen) atoms. The summed E-state index contributed by atoms with van der Waals surface area (Å²) in [4.78, 5) is 0. The molecule has 0 aliphatic carbocycles. The summed E-state index contributed by atoms with van der Waals surface area (Å²) < 4.78 is 25.3. The van der Waals surface area contributed by atoms with E-state index in [1.54, 1.807) is 0 Å². The molecule has 1 rings (SSSR count). The Morgan fingerprint density at radius 1 is 1.45 bits per heavy atom. The van der Waals surface area contributed by atoms with Crippen LogP contribution in [0, 0.1) is 5.92 Å². The van der Waals surface area contributed by atoms with E-state index in [-0.39, 0.29) is 31.2 Å². The van der Waals surface area contributed by atoms with E-state index in [0.717, 1.165) is 6.54 Å². The molecule has 1 saturated heterocycles. The van der Waals surface area contributed by atoms with Gasteiger partial charge in [0.25, 0.3) is 0 Å². The molecule has 1 fully saturated rings. The minimum Gasteiger partial charge on any atom is -0.316 e. The van der Waals surface area contributed by atoms with E-state index in [1.807, 2.05) is 6.92 Å². The molecular formula is C7H14ClF2N. The molecule has 0 bridgehead atoms. The highest BCUT2D eigenvalue weighted by Gasteiger charge is 2.32. The van der Waals surface area contributed by atoms with Crippen LogP contribution in [-0.2, 0) is 0 Å². The predicted octanol–water partition coefficient (Wildman–Crippen LogP) is 2.06. The molecule has 4 heteroatoms. The lowest BCUT2D eigenvalue weighted by atomic mass is 10.0. The molecule has 0 aromatic carbocycles. The minimum atomic E-state index is -2.43. The van der Waals surface area contributed by atoms with Crippen LogP contribution in [0.5, 0.6) is 0 Å². The normalized spacial score (nSPS) is 30.3. The molecule has 1 N–H and O–H groups in total. The van der Waals surface area contributed by atoms with Crippen LogP contribution in [0.4, 0.5) is 8.78 Å². The Balaban J connectivity index is 0.000001000. The van der Waals surface area contributed by atoms with E-state index >= 15 is 0 Å². The Morgan fingerprint density at radius 2 is 2.09 bits per heavy atom. The number of nitrogens with one attached hydrogen (secondary N) is 1. The zero-order chi connectivity index (χ0) is 7.61. The van der Waals surface area contributed by atoms with Crippen LogP contribution in [0.2, 0.25) is 0 Å². The van der Waals surface area contributed by atoms with Crippen molar-refractivity contribution in [2.75, 3.05) is 13.1 Å². The Hall–Kier alpha value is 0.110. The topological polar surface area (TPSA) is 12.0 Å². The number of rotatable bonds is 0. The molecule has 0 amide bonds. The third-order valence-electron chi connectivity index (χ3n) is 1.81. The van der Waals surface area contributed by atoms with Crippen LogP contribution in [0.3, 0.4) is 0 Å². The Kier molecular flexibility index (Phi) is 4.26. The van der Waals surface area contributed by atoms with Crippen molar-refractivity contribution in [2.45, 2.75) is 25.7 Å². The summed E-state index contributed by atoms with van der Waals surface area (Å²) in [5.41, 5.74) is 0. The van der Waals surface area contributed by atoms with E-state index in [0.29, 0.717) is 6.54 Å².